The third-order valence-corrected chi connectivity index (χ3v) is 0.841. The summed E-state index contributed by atoms with van der Waals surface area (Å²) in [5.74, 6) is -0.517. The zero-order valence-electron chi connectivity index (χ0n) is 5.20. The SMILES string of the molecule is COC(=O)CC(O)CO. The lowest BCUT2D eigenvalue weighted by Gasteiger charge is -2.02. The fourth-order valence-corrected chi connectivity index (χ4v) is 0.340. The van der Waals surface area contributed by atoms with Crippen molar-refractivity contribution in [3.63, 3.8) is 0 Å². The number of rotatable bonds is 3. The largest absolute Gasteiger partial charge is 0.469 e. The number of esters is 1. The van der Waals surface area contributed by atoms with Gasteiger partial charge in [-0.15, -0.1) is 0 Å². The van der Waals surface area contributed by atoms with Crippen molar-refractivity contribution in [3.05, 3.63) is 0 Å². The summed E-state index contributed by atoms with van der Waals surface area (Å²) >= 11 is 0. The summed E-state index contributed by atoms with van der Waals surface area (Å²) < 4.78 is 4.21. The molecule has 0 aromatic heterocycles. The molecule has 4 heteroatoms. The second-order valence-electron chi connectivity index (χ2n) is 1.62. The molecule has 1 unspecified atom stereocenters. The van der Waals surface area contributed by atoms with Crippen LogP contribution in [-0.4, -0.2) is 36.0 Å². The molecule has 0 rings (SSSR count). The van der Waals surface area contributed by atoms with Crippen LogP contribution in [0.4, 0.5) is 0 Å². The monoisotopic (exact) mass is 134 g/mol. The molecular formula is C5H10O4. The Morgan fingerprint density at radius 3 is 2.67 bits per heavy atom. The Labute approximate surface area is 53.1 Å². The first-order valence-electron chi connectivity index (χ1n) is 2.56. The van der Waals surface area contributed by atoms with Crippen LogP contribution in [0.25, 0.3) is 0 Å². The molecule has 0 aliphatic carbocycles. The fourth-order valence-electron chi connectivity index (χ4n) is 0.340. The van der Waals surface area contributed by atoms with E-state index >= 15 is 0 Å². The summed E-state index contributed by atoms with van der Waals surface area (Å²) in [6, 6.07) is 0. The smallest absolute Gasteiger partial charge is 0.308 e. The maximum absolute atomic E-state index is 10.3. The molecule has 54 valence electrons. The van der Waals surface area contributed by atoms with Crippen molar-refractivity contribution in [2.24, 2.45) is 0 Å². The predicted molar refractivity (Wildman–Crippen MR) is 29.7 cm³/mol. The lowest BCUT2D eigenvalue weighted by Crippen LogP contribution is -2.17. The zero-order valence-corrected chi connectivity index (χ0v) is 5.20. The van der Waals surface area contributed by atoms with Gasteiger partial charge in [0.05, 0.1) is 26.2 Å². The Kier molecular flexibility index (Phi) is 4.00. The van der Waals surface area contributed by atoms with E-state index in [0.29, 0.717) is 0 Å². The predicted octanol–water partition coefficient (Wildman–Crippen LogP) is -1.10. The number of carbonyl (C=O) groups is 1. The summed E-state index contributed by atoms with van der Waals surface area (Å²) in [6.07, 6.45) is -1.13. The summed E-state index contributed by atoms with van der Waals surface area (Å²) in [4.78, 5) is 10.3. The van der Waals surface area contributed by atoms with E-state index in [4.69, 9.17) is 10.2 Å². The number of hydrogen-bond donors (Lipinski definition) is 2. The number of hydrogen-bond acceptors (Lipinski definition) is 4. The Bertz CT molecular complexity index is 91.0. The van der Waals surface area contributed by atoms with Crippen molar-refractivity contribution in [1.29, 1.82) is 0 Å². The highest BCUT2D eigenvalue weighted by molar-refractivity contribution is 5.69. The molecule has 4 nitrogen and oxygen atoms in total. The average Bonchev–Trinajstić information content (AvgIpc) is 1.87. The standard InChI is InChI=1S/C5H10O4/c1-9-5(8)2-4(7)3-6/h4,6-7H,2-3H2,1H3. The van der Waals surface area contributed by atoms with E-state index < -0.39 is 18.7 Å². The van der Waals surface area contributed by atoms with Crippen molar-refractivity contribution < 1.29 is 19.7 Å². The van der Waals surface area contributed by atoms with Gasteiger partial charge >= 0.3 is 5.97 Å². The third kappa shape index (κ3) is 3.93. The van der Waals surface area contributed by atoms with Crippen LogP contribution in [0.3, 0.4) is 0 Å². The van der Waals surface area contributed by atoms with Gasteiger partial charge in [-0.3, -0.25) is 4.79 Å². The molecule has 0 aliphatic rings. The molecule has 0 aromatic carbocycles. The lowest BCUT2D eigenvalue weighted by atomic mass is 10.3. The van der Waals surface area contributed by atoms with Crippen molar-refractivity contribution in [1.82, 2.24) is 0 Å². The van der Waals surface area contributed by atoms with E-state index in [9.17, 15) is 4.79 Å². The fraction of sp³-hybridized carbons (Fsp3) is 0.800. The van der Waals surface area contributed by atoms with Gasteiger partial charge < -0.3 is 14.9 Å². The van der Waals surface area contributed by atoms with Crippen LogP contribution >= 0.6 is 0 Å². The number of ether oxygens (including phenoxy) is 1. The highest BCUT2D eigenvalue weighted by Crippen LogP contribution is 1.90. The van der Waals surface area contributed by atoms with Crippen molar-refractivity contribution in [2.75, 3.05) is 13.7 Å². The average molecular weight is 134 g/mol. The first kappa shape index (κ1) is 8.39. The molecule has 0 spiro atoms. The Morgan fingerprint density at radius 1 is 1.78 bits per heavy atom. The van der Waals surface area contributed by atoms with E-state index in [1.54, 1.807) is 0 Å². The molecule has 0 saturated heterocycles. The molecule has 0 radical (unpaired) electrons. The molecule has 0 heterocycles. The molecule has 0 aromatic rings. The summed E-state index contributed by atoms with van der Waals surface area (Å²) in [5, 5.41) is 16.8. The van der Waals surface area contributed by atoms with E-state index in [0.717, 1.165) is 0 Å². The van der Waals surface area contributed by atoms with Gasteiger partial charge in [-0.05, 0) is 0 Å². The third-order valence-electron chi connectivity index (χ3n) is 0.841. The number of methoxy groups -OCH3 is 1. The normalized spacial score (nSPS) is 12.8. The molecule has 1 atom stereocenters. The van der Waals surface area contributed by atoms with Crippen molar-refractivity contribution >= 4 is 5.97 Å². The maximum atomic E-state index is 10.3. The molecule has 0 bridgehead atoms. The highest BCUT2D eigenvalue weighted by atomic mass is 16.5. The van der Waals surface area contributed by atoms with E-state index in [1.807, 2.05) is 0 Å². The molecular weight excluding hydrogens is 124 g/mol. The van der Waals surface area contributed by atoms with E-state index in [2.05, 4.69) is 4.74 Å². The molecule has 0 amide bonds. The summed E-state index contributed by atoms with van der Waals surface area (Å²) in [6.45, 7) is -0.408. The van der Waals surface area contributed by atoms with E-state index in [-0.39, 0.29) is 6.42 Å². The van der Waals surface area contributed by atoms with Crippen LogP contribution < -0.4 is 0 Å². The van der Waals surface area contributed by atoms with Crippen molar-refractivity contribution in [2.45, 2.75) is 12.5 Å². The molecule has 0 saturated carbocycles. The Morgan fingerprint density at radius 2 is 2.33 bits per heavy atom. The van der Waals surface area contributed by atoms with Crippen LogP contribution in [0.5, 0.6) is 0 Å². The topological polar surface area (TPSA) is 66.8 Å². The molecule has 9 heavy (non-hydrogen) atoms. The van der Waals surface area contributed by atoms with Crippen LogP contribution in [0.2, 0.25) is 0 Å². The first-order valence-corrected chi connectivity index (χ1v) is 2.56. The van der Waals surface area contributed by atoms with Gasteiger partial charge in [-0.25, -0.2) is 0 Å². The minimum absolute atomic E-state index is 0.146. The quantitative estimate of drug-likeness (QED) is 0.481. The van der Waals surface area contributed by atoms with Crippen LogP contribution in [0.1, 0.15) is 6.42 Å². The van der Waals surface area contributed by atoms with Gasteiger partial charge in [-0.2, -0.15) is 0 Å². The summed E-state index contributed by atoms with van der Waals surface area (Å²) in [5.41, 5.74) is 0. The van der Waals surface area contributed by atoms with Gasteiger partial charge in [-0.1, -0.05) is 0 Å². The number of aliphatic hydroxyl groups excluding tert-OH is 2. The van der Waals surface area contributed by atoms with Gasteiger partial charge in [0.25, 0.3) is 0 Å². The maximum Gasteiger partial charge on any atom is 0.308 e. The van der Waals surface area contributed by atoms with Gasteiger partial charge in [0.15, 0.2) is 0 Å². The molecule has 0 aliphatic heterocycles. The van der Waals surface area contributed by atoms with Gasteiger partial charge in [0, 0.05) is 0 Å². The Balaban J connectivity index is 3.34. The van der Waals surface area contributed by atoms with Crippen LogP contribution in [0, 0.1) is 0 Å². The highest BCUT2D eigenvalue weighted by Gasteiger charge is 2.08. The minimum Gasteiger partial charge on any atom is -0.469 e. The van der Waals surface area contributed by atoms with Gasteiger partial charge in [0.2, 0.25) is 0 Å². The van der Waals surface area contributed by atoms with Crippen LogP contribution in [-0.2, 0) is 9.53 Å². The number of aliphatic hydroxyl groups is 2. The molecule has 0 fully saturated rings. The lowest BCUT2D eigenvalue weighted by molar-refractivity contribution is -0.143. The first-order chi connectivity index (χ1) is 4.20. The van der Waals surface area contributed by atoms with E-state index in [1.165, 1.54) is 7.11 Å². The molecule has 2 N–H and O–H groups in total. The van der Waals surface area contributed by atoms with Crippen LogP contribution in [0.15, 0.2) is 0 Å². The number of carbonyl (C=O) groups excluding carboxylic acids is 1. The second kappa shape index (κ2) is 4.29. The zero-order chi connectivity index (χ0) is 7.28. The van der Waals surface area contributed by atoms with Gasteiger partial charge in [0.1, 0.15) is 0 Å². The second-order valence-corrected chi connectivity index (χ2v) is 1.62. The summed E-state index contributed by atoms with van der Waals surface area (Å²) in [7, 11) is 1.23. The minimum atomic E-state index is -0.988. The Hall–Kier alpha value is -0.610. The van der Waals surface area contributed by atoms with Crippen molar-refractivity contribution in [3.8, 4) is 0 Å².